The molecule has 0 rings (SSSR count). The van der Waals surface area contributed by atoms with Gasteiger partial charge in [-0.1, -0.05) is 0 Å². The van der Waals surface area contributed by atoms with Crippen LogP contribution in [0.25, 0.3) is 0 Å². The van der Waals surface area contributed by atoms with Gasteiger partial charge >= 0.3 is 0 Å². The van der Waals surface area contributed by atoms with Crippen LogP contribution in [0.3, 0.4) is 0 Å². The van der Waals surface area contributed by atoms with Crippen LogP contribution in [-0.2, 0) is 0 Å². The second-order valence-electron chi connectivity index (χ2n) is 2.92. The van der Waals surface area contributed by atoms with Crippen molar-refractivity contribution < 1.29 is 0 Å². The fourth-order valence-electron chi connectivity index (χ4n) is 1.09. The molecule has 0 heterocycles. The Balaban J connectivity index is 3.94. The van der Waals surface area contributed by atoms with Crippen molar-refractivity contribution >= 4 is 5.84 Å². The molecule has 0 aromatic rings. The molecule has 0 amide bonds. The summed E-state index contributed by atoms with van der Waals surface area (Å²) in [6.07, 6.45) is 4.70. The van der Waals surface area contributed by atoms with Gasteiger partial charge in [0.1, 0.15) is 5.84 Å². The normalized spacial score (nSPS) is 12.6. The van der Waals surface area contributed by atoms with E-state index in [1.165, 1.54) is 6.20 Å². The Labute approximate surface area is 85.3 Å². The molecule has 4 heteroatoms. The molecule has 0 aliphatic rings. The smallest absolute Gasteiger partial charge is 0.122 e. The van der Waals surface area contributed by atoms with Crippen molar-refractivity contribution in [3.05, 3.63) is 11.8 Å². The van der Waals surface area contributed by atoms with Gasteiger partial charge in [0.25, 0.3) is 0 Å². The zero-order valence-corrected chi connectivity index (χ0v) is 8.66. The number of nitrogens with two attached hydrogens (primary N) is 2. The molecule has 0 radical (unpaired) electrons. The largest absolute Gasteiger partial charge is 0.404 e. The van der Waals surface area contributed by atoms with Gasteiger partial charge in [-0.25, -0.2) is 0 Å². The topological polar surface area (TPSA) is 88.2 Å². The molecule has 0 bridgehead atoms. The van der Waals surface area contributed by atoms with Crippen LogP contribution >= 0.6 is 0 Å². The molecule has 0 spiro atoms. The Bertz CT molecular complexity index is 247. The summed E-state index contributed by atoms with van der Waals surface area (Å²) in [4.78, 5) is 4.08. The SMILES string of the molecule is CCN=C(N)C(=CN)CCCCC#N. The van der Waals surface area contributed by atoms with E-state index in [-0.39, 0.29) is 0 Å². The lowest BCUT2D eigenvalue weighted by atomic mass is 10.1. The van der Waals surface area contributed by atoms with Crippen molar-refractivity contribution in [3.8, 4) is 6.07 Å². The van der Waals surface area contributed by atoms with E-state index in [0.29, 0.717) is 18.8 Å². The summed E-state index contributed by atoms with van der Waals surface area (Å²) in [6.45, 7) is 2.60. The van der Waals surface area contributed by atoms with Gasteiger partial charge in [-0.05, 0) is 26.2 Å². The average molecular weight is 194 g/mol. The van der Waals surface area contributed by atoms with E-state index >= 15 is 0 Å². The zero-order chi connectivity index (χ0) is 10.8. The van der Waals surface area contributed by atoms with Gasteiger partial charge in [0.15, 0.2) is 0 Å². The number of hydrogen-bond acceptors (Lipinski definition) is 3. The van der Waals surface area contributed by atoms with Gasteiger partial charge in [0.05, 0.1) is 6.07 Å². The van der Waals surface area contributed by atoms with Crippen LogP contribution in [0.1, 0.15) is 32.6 Å². The third-order valence-electron chi connectivity index (χ3n) is 1.84. The highest BCUT2D eigenvalue weighted by Gasteiger charge is 2.01. The van der Waals surface area contributed by atoms with Crippen molar-refractivity contribution in [1.29, 1.82) is 5.26 Å². The van der Waals surface area contributed by atoms with Crippen molar-refractivity contribution in [1.82, 2.24) is 0 Å². The van der Waals surface area contributed by atoms with E-state index in [1.54, 1.807) is 0 Å². The molecule has 4 N–H and O–H groups in total. The summed E-state index contributed by atoms with van der Waals surface area (Å²) in [7, 11) is 0. The Morgan fingerprint density at radius 1 is 1.50 bits per heavy atom. The maximum atomic E-state index is 8.34. The van der Waals surface area contributed by atoms with Crippen LogP contribution in [-0.4, -0.2) is 12.4 Å². The van der Waals surface area contributed by atoms with Crippen LogP contribution in [0.15, 0.2) is 16.8 Å². The predicted octanol–water partition coefficient (Wildman–Crippen LogP) is 1.29. The highest BCUT2D eigenvalue weighted by atomic mass is 14.8. The fourth-order valence-corrected chi connectivity index (χ4v) is 1.09. The molecule has 0 fully saturated rings. The second kappa shape index (κ2) is 8.11. The Hall–Kier alpha value is -1.50. The number of unbranched alkanes of at least 4 members (excludes halogenated alkanes) is 2. The fraction of sp³-hybridized carbons (Fsp3) is 0.600. The summed E-state index contributed by atoms with van der Waals surface area (Å²) in [5, 5.41) is 8.34. The Kier molecular flexibility index (Phi) is 7.24. The molecular weight excluding hydrogens is 176 g/mol. The minimum Gasteiger partial charge on any atom is -0.404 e. The molecule has 4 nitrogen and oxygen atoms in total. The zero-order valence-electron chi connectivity index (χ0n) is 8.66. The third-order valence-corrected chi connectivity index (χ3v) is 1.84. The van der Waals surface area contributed by atoms with Gasteiger partial charge < -0.3 is 11.5 Å². The van der Waals surface area contributed by atoms with Crippen LogP contribution in [0.4, 0.5) is 0 Å². The van der Waals surface area contributed by atoms with E-state index < -0.39 is 0 Å². The van der Waals surface area contributed by atoms with Crippen LogP contribution in [0, 0.1) is 11.3 Å². The van der Waals surface area contributed by atoms with Gasteiger partial charge in [-0.2, -0.15) is 5.26 Å². The molecule has 0 unspecified atom stereocenters. The van der Waals surface area contributed by atoms with Crippen LogP contribution in [0.2, 0.25) is 0 Å². The van der Waals surface area contributed by atoms with Gasteiger partial charge in [-0.15, -0.1) is 0 Å². The van der Waals surface area contributed by atoms with Gasteiger partial charge in [-0.3, -0.25) is 4.99 Å². The molecule has 14 heavy (non-hydrogen) atoms. The predicted molar refractivity (Wildman–Crippen MR) is 58.5 cm³/mol. The minimum atomic E-state index is 0.520. The minimum absolute atomic E-state index is 0.520. The summed E-state index contributed by atoms with van der Waals surface area (Å²) >= 11 is 0. The second-order valence-corrected chi connectivity index (χ2v) is 2.92. The van der Waals surface area contributed by atoms with E-state index in [2.05, 4.69) is 11.1 Å². The Morgan fingerprint density at radius 3 is 2.71 bits per heavy atom. The van der Waals surface area contributed by atoms with Crippen molar-refractivity contribution in [2.24, 2.45) is 16.5 Å². The summed E-state index contributed by atoms with van der Waals surface area (Å²) in [5.41, 5.74) is 12.0. The first-order chi connectivity index (χ1) is 6.76. The highest BCUT2D eigenvalue weighted by molar-refractivity contribution is 5.96. The first-order valence-corrected chi connectivity index (χ1v) is 4.84. The molecule has 0 aromatic heterocycles. The lowest BCUT2D eigenvalue weighted by molar-refractivity contribution is 0.756. The molecule has 0 aliphatic carbocycles. The first-order valence-electron chi connectivity index (χ1n) is 4.84. The first kappa shape index (κ1) is 12.5. The number of hydrogen-bond donors (Lipinski definition) is 2. The summed E-state index contributed by atoms with van der Waals surface area (Å²) in [5.74, 6) is 0.520. The van der Waals surface area contributed by atoms with Crippen molar-refractivity contribution in [3.63, 3.8) is 0 Å². The summed E-state index contributed by atoms with van der Waals surface area (Å²) in [6, 6.07) is 2.10. The van der Waals surface area contributed by atoms with Crippen LogP contribution in [0.5, 0.6) is 0 Å². The number of aliphatic imine (C=N–C) groups is 1. The Morgan fingerprint density at radius 2 is 2.21 bits per heavy atom. The molecule has 78 valence electrons. The average Bonchev–Trinajstić information content (AvgIpc) is 2.18. The van der Waals surface area contributed by atoms with Crippen molar-refractivity contribution in [2.45, 2.75) is 32.6 Å². The van der Waals surface area contributed by atoms with Crippen LogP contribution < -0.4 is 11.5 Å². The van der Waals surface area contributed by atoms with E-state index in [4.69, 9.17) is 16.7 Å². The number of nitriles is 1. The third kappa shape index (κ3) is 5.20. The quantitative estimate of drug-likeness (QED) is 0.379. The molecule has 0 saturated carbocycles. The number of amidine groups is 1. The standard InChI is InChI=1S/C10H18N4/c1-2-14-10(13)9(8-12)6-4-3-5-7-11/h8H,2-6,12H2,1H3,(H2,13,14). The highest BCUT2D eigenvalue weighted by Crippen LogP contribution is 2.07. The van der Waals surface area contributed by atoms with Crippen molar-refractivity contribution in [2.75, 3.05) is 6.54 Å². The molecule has 0 aliphatic heterocycles. The summed E-state index contributed by atoms with van der Waals surface area (Å²) < 4.78 is 0. The van der Waals surface area contributed by atoms with E-state index in [1.807, 2.05) is 6.92 Å². The lowest BCUT2D eigenvalue weighted by Crippen LogP contribution is -2.16. The maximum absolute atomic E-state index is 8.34. The van der Waals surface area contributed by atoms with E-state index in [9.17, 15) is 0 Å². The van der Waals surface area contributed by atoms with E-state index in [0.717, 1.165) is 24.8 Å². The molecule has 0 aromatic carbocycles. The molecule has 0 saturated heterocycles. The monoisotopic (exact) mass is 194 g/mol. The van der Waals surface area contributed by atoms with Gasteiger partial charge in [0, 0.05) is 24.7 Å². The molecule has 0 atom stereocenters. The molecular formula is C10H18N4. The van der Waals surface area contributed by atoms with Gasteiger partial charge in [0.2, 0.25) is 0 Å². The lowest BCUT2D eigenvalue weighted by Gasteiger charge is -2.04. The number of rotatable bonds is 6. The maximum Gasteiger partial charge on any atom is 0.122 e. The number of nitrogens with zero attached hydrogens (tertiary/aromatic N) is 2.